The number of fused-ring (bicyclic) bond motifs is 1. The number of ketones is 1. The molecule has 0 bridgehead atoms. The zero-order chi connectivity index (χ0) is 23.0. The molecule has 1 amide bonds. The van der Waals surface area contributed by atoms with Crippen LogP contribution < -0.4 is 26.6 Å². The highest BCUT2D eigenvalue weighted by Gasteiger charge is 2.45. The van der Waals surface area contributed by atoms with Crippen LogP contribution in [0.3, 0.4) is 0 Å². The van der Waals surface area contributed by atoms with E-state index in [1.54, 1.807) is 7.05 Å². The van der Waals surface area contributed by atoms with Crippen LogP contribution in [0.25, 0.3) is 0 Å². The van der Waals surface area contributed by atoms with E-state index in [1.165, 1.54) is 4.90 Å². The molecule has 8 atom stereocenters. The van der Waals surface area contributed by atoms with Crippen LogP contribution in [0.4, 0.5) is 0 Å². The van der Waals surface area contributed by atoms with E-state index in [0.29, 0.717) is 25.7 Å². The molecule has 0 aromatic heterocycles. The van der Waals surface area contributed by atoms with Crippen molar-refractivity contribution in [3.8, 4) is 0 Å². The number of nitrogens with one attached hydrogen (secondary N) is 5. The van der Waals surface area contributed by atoms with Crippen LogP contribution >= 0.6 is 0 Å². The summed E-state index contributed by atoms with van der Waals surface area (Å²) in [4.78, 5) is 26.4. The number of aliphatic hydroxyl groups is 1. The van der Waals surface area contributed by atoms with Gasteiger partial charge in [-0.1, -0.05) is 12.8 Å². The van der Waals surface area contributed by atoms with Crippen molar-refractivity contribution in [1.82, 2.24) is 31.5 Å². The second-order valence-corrected chi connectivity index (χ2v) is 11.1. The molecule has 182 valence electrons. The zero-order valence-electron chi connectivity index (χ0n) is 18.2. The molecule has 2 heterocycles. The highest BCUT2D eigenvalue weighted by Crippen LogP contribution is 2.35. The molecule has 4 aliphatic rings. The van der Waals surface area contributed by atoms with Gasteiger partial charge in [-0.05, 0) is 32.1 Å². The Morgan fingerprint density at radius 3 is 2.38 bits per heavy atom. The van der Waals surface area contributed by atoms with Gasteiger partial charge in [0, 0.05) is 31.0 Å². The largest absolute Gasteiger partial charge is 0.365 e. The summed E-state index contributed by atoms with van der Waals surface area (Å²) in [5, 5.41) is 24.9. The predicted octanol–water partition coefficient (Wildman–Crippen LogP) is -2.18. The average molecular weight is 475 g/mol. The molecule has 32 heavy (non-hydrogen) atoms. The summed E-state index contributed by atoms with van der Waals surface area (Å²) in [7, 11) is -2.52. The number of rotatable bonds is 5. The van der Waals surface area contributed by atoms with E-state index < -0.39 is 40.3 Å². The number of piperidine rings is 1. The minimum Gasteiger partial charge on any atom is -0.365 e. The number of hydrogen-bond acceptors (Lipinski definition) is 10. The molecule has 2 saturated carbocycles. The van der Waals surface area contributed by atoms with Gasteiger partial charge in [0.05, 0.1) is 6.54 Å². The molecule has 8 unspecified atom stereocenters. The maximum atomic E-state index is 12.6. The third-order valence-corrected chi connectivity index (χ3v) is 8.53. The van der Waals surface area contributed by atoms with E-state index >= 15 is 0 Å². The Bertz CT molecular complexity index is 827. The topological polar surface area (TPSA) is 172 Å². The molecule has 2 aliphatic heterocycles. The van der Waals surface area contributed by atoms with Crippen molar-refractivity contribution in [3.63, 3.8) is 0 Å². The summed E-state index contributed by atoms with van der Waals surface area (Å²) in [5.41, 5.74) is 0. The summed E-state index contributed by atoms with van der Waals surface area (Å²) in [6.45, 7) is 0.181. The molecule has 0 aromatic carbocycles. The van der Waals surface area contributed by atoms with E-state index in [0.717, 1.165) is 19.3 Å². The molecule has 13 heteroatoms. The van der Waals surface area contributed by atoms with Crippen LogP contribution in [-0.2, 0) is 19.7 Å². The summed E-state index contributed by atoms with van der Waals surface area (Å²) in [5.74, 6) is -0.421. The number of carbonyl (C=O) groups is 2. The third kappa shape index (κ3) is 5.30. The molecule has 12 nitrogen and oxygen atoms in total. The quantitative estimate of drug-likeness (QED) is 0.216. The van der Waals surface area contributed by atoms with Gasteiger partial charge in [0.15, 0.2) is 12.1 Å². The number of Topliss-reactive ketones (excluding diaryl/α,β-unsaturated/α-hetero) is 1. The Morgan fingerprint density at radius 1 is 0.969 bits per heavy atom. The summed E-state index contributed by atoms with van der Waals surface area (Å²) < 4.78 is 33.1. The van der Waals surface area contributed by atoms with Gasteiger partial charge in [0.25, 0.3) is 10.1 Å². The lowest BCUT2D eigenvalue weighted by atomic mass is 9.72. The Kier molecular flexibility index (Phi) is 7.17. The van der Waals surface area contributed by atoms with Gasteiger partial charge in [-0.2, -0.15) is 8.42 Å². The highest BCUT2D eigenvalue weighted by atomic mass is 32.2. The molecule has 2 saturated heterocycles. The van der Waals surface area contributed by atoms with E-state index in [4.69, 9.17) is 0 Å². The number of hydrogen-bond donors (Lipinski definition) is 7. The minimum atomic E-state index is -4.18. The van der Waals surface area contributed by atoms with Gasteiger partial charge in [-0.3, -0.25) is 40.7 Å². The highest BCUT2D eigenvalue weighted by molar-refractivity contribution is 7.86. The molecule has 4 fully saturated rings. The molecular formula is C19H34N6O6S. The number of likely N-dealkylation sites (tertiary alicyclic amines) is 1. The number of carbonyl (C=O) groups excluding carboxylic acids is 2. The number of aliphatic hydroxyl groups excluding tert-OH is 1. The lowest BCUT2D eigenvalue weighted by Gasteiger charge is -2.44. The van der Waals surface area contributed by atoms with Crippen LogP contribution in [0, 0.1) is 11.8 Å². The maximum absolute atomic E-state index is 12.6. The van der Waals surface area contributed by atoms with Crippen molar-refractivity contribution in [2.24, 2.45) is 11.8 Å². The van der Waals surface area contributed by atoms with Crippen molar-refractivity contribution in [2.45, 2.75) is 81.2 Å². The minimum absolute atomic E-state index is 0.000426. The smallest absolute Gasteiger partial charge is 0.269 e. The molecule has 0 radical (unpaired) electrons. The standard InChI is InChI=1S/C19H34N6O6S/c1-25-9-14(26)11-7-6-10(8-12(11)16(25)27)20-17-22-18(24-19(28)23-17)21-13-4-2-3-5-15(13)32(29,30)31/h10-13,15,17-24,28H,2-9H2,1H3,(H,29,30,31). The second kappa shape index (κ2) is 9.58. The normalized spacial score (nSPS) is 41.4. The first-order chi connectivity index (χ1) is 15.1. The van der Waals surface area contributed by atoms with Crippen LogP contribution in [0.1, 0.15) is 44.9 Å². The Balaban J connectivity index is 1.35. The first-order valence-corrected chi connectivity index (χ1v) is 12.8. The first-order valence-electron chi connectivity index (χ1n) is 11.3. The van der Waals surface area contributed by atoms with Gasteiger partial charge in [-0.15, -0.1) is 0 Å². The number of amides is 1. The van der Waals surface area contributed by atoms with Crippen molar-refractivity contribution in [2.75, 3.05) is 13.6 Å². The summed E-state index contributed by atoms with van der Waals surface area (Å²) >= 11 is 0. The van der Waals surface area contributed by atoms with Gasteiger partial charge >= 0.3 is 0 Å². The van der Waals surface area contributed by atoms with Crippen molar-refractivity contribution in [1.29, 1.82) is 0 Å². The lowest BCUT2D eigenvalue weighted by Crippen LogP contribution is -2.76. The fraction of sp³-hybridized carbons (Fsp3) is 0.895. The molecule has 4 rings (SSSR count). The average Bonchev–Trinajstić information content (AvgIpc) is 2.71. The van der Waals surface area contributed by atoms with Gasteiger partial charge in [0.1, 0.15) is 17.8 Å². The Labute approximate surface area is 188 Å². The number of nitrogens with zero attached hydrogens (tertiary/aromatic N) is 1. The molecule has 0 spiro atoms. The van der Waals surface area contributed by atoms with E-state index in [2.05, 4.69) is 26.6 Å². The Hall–Kier alpha value is -1.19. The predicted molar refractivity (Wildman–Crippen MR) is 114 cm³/mol. The van der Waals surface area contributed by atoms with Crippen molar-refractivity contribution in [3.05, 3.63) is 0 Å². The van der Waals surface area contributed by atoms with Crippen LogP contribution in [0.2, 0.25) is 0 Å². The Morgan fingerprint density at radius 2 is 1.66 bits per heavy atom. The fourth-order valence-electron chi connectivity index (χ4n) is 5.61. The lowest BCUT2D eigenvalue weighted by molar-refractivity contribution is -0.150. The molecule has 7 N–H and O–H groups in total. The molecule has 2 aliphatic carbocycles. The van der Waals surface area contributed by atoms with E-state index in [1.807, 2.05) is 0 Å². The van der Waals surface area contributed by atoms with E-state index in [-0.39, 0.29) is 36.1 Å². The van der Waals surface area contributed by atoms with Gasteiger partial charge in [-0.25, -0.2) is 0 Å². The van der Waals surface area contributed by atoms with Crippen LogP contribution in [0.5, 0.6) is 0 Å². The third-order valence-electron chi connectivity index (χ3n) is 7.20. The van der Waals surface area contributed by atoms with Crippen molar-refractivity contribution >= 4 is 21.8 Å². The SMILES string of the molecule is CN1CC(=O)C2CCC(NC3NC(O)NC(NC4CCCCC4S(=O)(=O)O)N3)CC2C1=O. The second-order valence-electron chi connectivity index (χ2n) is 9.43. The first kappa shape index (κ1) is 24.0. The molecular weight excluding hydrogens is 440 g/mol. The fourth-order valence-corrected chi connectivity index (χ4v) is 6.70. The van der Waals surface area contributed by atoms with E-state index in [9.17, 15) is 27.7 Å². The summed E-state index contributed by atoms with van der Waals surface area (Å²) in [6.07, 6.45) is 2.33. The van der Waals surface area contributed by atoms with Crippen molar-refractivity contribution < 1.29 is 27.7 Å². The molecule has 0 aromatic rings. The van der Waals surface area contributed by atoms with Gasteiger partial charge < -0.3 is 10.0 Å². The monoisotopic (exact) mass is 474 g/mol. The van der Waals surface area contributed by atoms with Crippen LogP contribution in [0.15, 0.2) is 0 Å². The maximum Gasteiger partial charge on any atom is 0.269 e. The zero-order valence-corrected chi connectivity index (χ0v) is 19.0. The van der Waals surface area contributed by atoms with Gasteiger partial charge in [0.2, 0.25) is 5.91 Å². The summed E-state index contributed by atoms with van der Waals surface area (Å²) in [6, 6.07) is -0.484. The number of likely N-dealkylation sites (N-methyl/N-ethyl adjacent to an activating group) is 1. The van der Waals surface area contributed by atoms with Crippen LogP contribution in [-0.4, -0.2) is 84.5 Å².